The van der Waals surface area contributed by atoms with Crippen molar-refractivity contribution >= 4 is 17.9 Å². The second kappa shape index (κ2) is 10.1. The van der Waals surface area contributed by atoms with Crippen molar-refractivity contribution in [1.82, 2.24) is 35.3 Å². The lowest BCUT2D eigenvalue weighted by Crippen LogP contribution is -2.66. The normalized spacial score (nSPS) is 21.9. The minimum Gasteiger partial charge on any atom is -0.444 e. The molecule has 3 amide bonds. The minimum atomic E-state index is -0.623. The Morgan fingerprint density at radius 3 is 2.40 bits per heavy atom. The third-order valence-electron chi connectivity index (χ3n) is 7.49. The molecule has 1 aromatic rings. The maximum atomic E-state index is 13.6. The zero-order chi connectivity index (χ0) is 25.2. The number of amides is 3. The number of carbonyl (C=O) groups excluding carboxylic acids is 3. The van der Waals surface area contributed by atoms with E-state index in [1.54, 1.807) is 6.92 Å². The summed E-state index contributed by atoms with van der Waals surface area (Å²) in [5, 5.41) is 13.9. The third-order valence-corrected chi connectivity index (χ3v) is 7.49. The summed E-state index contributed by atoms with van der Waals surface area (Å²) in [5.74, 6) is 0.396. The number of aromatic nitrogens is 4. The number of nitrogens with zero attached hydrogens (tertiary/aromatic N) is 6. The number of likely N-dealkylation sites (tertiary alicyclic amines) is 2. The molecule has 4 rings (SSSR count). The van der Waals surface area contributed by atoms with E-state index in [9.17, 15) is 14.4 Å². The van der Waals surface area contributed by atoms with Gasteiger partial charge in [0.2, 0.25) is 11.8 Å². The van der Waals surface area contributed by atoms with E-state index in [0.717, 1.165) is 25.7 Å². The first kappa shape index (κ1) is 25.4. The van der Waals surface area contributed by atoms with E-state index in [0.29, 0.717) is 38.5 Å². The lowest BCUT2D eigenvalue weighted by Gasteiger charge is -2.55. The van der Waals surface area contributed by atoms with Gasteiger partial charge in [-0.05, 0) is 63.3 Å². The largest absolute Gasteiger partial charge is 0.444 e. The number of piperidine rings is 1. The first-order chi connectivity index (χ1) is 16.6. The van der Waals surface area contributed by atoms with Crippen LogP contribution in [0.3, 0.4) is 0 Å². The van der Waals surface area contributed by atoms with Crippen LogP contribution >= 0.6 is 0 Å². The van der Waals surface area contributed by atoms with Crippen LogP contribution in [0.15, 0.2) is 6.33 Å². The summed E-state index contributed by atoms with van der Waals surface area (Å²) in [6.45, 7) is 9.76. The van der Waals surface area contributed by atoms with Gasteiger partial charge in [0.1, 0.15) is 24.0 Å². The van der Waals surface area contributed by atoms with Crippen LogP contribution in [0.25, 0.3) is 0 Å². The molecule has 11 nitrogen and oxygen atoms in total. The van der Waals surface area contributed by atoms with E-state index in [2.05, 4.69) is 20.8 Å². The van der Waals surface area contributed by atoms with Gasteiger partial charge in [0, 0.05) is 31.6 Å². The van der Waals surface area contributed by atoms with Crippen molar-refractivity contribution in [1.29, 1.82) is 0 Å². The number of hydrogen-bond donors (Lipinski definition) is 1. The third kappa shape index (κ3) is 6.10. The van der Waals surface area contributed by atoms with E-state index < -0.39 is 23.8 Å². The first-order valence-corrected chi connectivity index (χ1v) is 12.8. The topological polar surface area (TPSA) is 123 Å². The van der Waals surface area contributed by atoms with Crippen LogP contribution in [0.4, 0.5) is 4.79 Å². The Morgan fingerprint density at radius 1 is 1.09 bits per heavy atom. The van der Waals surface area contributed by atoms with Crippen LogP contribution in [-0.2, 0) is 14.3 Å². The van der Waals surface area contributed by atoms with Gasteiger partial charge < -0.3 is 19.9 Å². The van der Waals surface area contributed by atoms with Crippen LogP contribution in [-0.4, -0.2) is 85.7 Å². The van der Waals surface area contributed by atoms with Crippen LogP contribution in [0.5, 0.6) is 0 Å². The van der Waals surface area contributed by atoms with Crippen LogP contribution in [0.1, 0.15) is 78.7 Å². The Labute approximate surface area is 206 Å². The highest BCUT2D eigenvalue weighted by Crippen LogP contribution is 2.40. The lowest BCUT2D eigenvalue weighted by atomic mass is 9.73. The van der Waals surface area contributed by atoms with E-state index >= 15 is 0 Å². The summed E-state index contributed by atoms with van der Waals surface area (Å²) in [4.78, 5) is 42.8. The Hall–Kier alpha value is -2.72. The van der Waals surface area contributed by atoms with Crippen molar-refractivity contribution in [2.45, 2.75) is 90.3 Å². The summed E-state index contributed by atoms with van der Waals surface area (Å²) < 4.78 is 6.91. The molecular weight excluding hydrogens is 450 g/mol. The van der Waals surface area contributed by atoms with E-state index in [-0.39, 0.29) is 17.2 Å². The molecule has 11 heteroatoms. The van der Waals surface area contributed by atoms with Crippen molar-refractivity contribution in [2.24, 2.45) is 11.3 Å². The summed E-state index contributed by atoms with van der Waals surface area (Å²) in [7, 11) is 0. The SMILES string of the molecule is CC(C(=O)N1CC2(CCCN(C(=O)[C@H](CC3CCCC3)NC(=O)OC(C)(C)C)C2)C1)n1cnnn1. The molecule has 0 bridgehead atoms. The molecule has 1 saturated carbocycles. The van der Waals surface area contributed by atoms with Gasteiger partial charge in [-0.15, -0.1) is 5.10 Å². The molecule has 3 heterocycles. The fourth-order valence-electron chi connectivity index (χ4n) is 5.77. The zero-order valence-electron chi connectivity index (χ0n) is 21.4. The quantitative estimate of drug-likeness (QED) is 0.650. The van der Waals surface area contributed by atoms with Gasteiger partial charge in [-0.2, -0.15) is 0 Å². The summed E-state index contributed by atoms with van der Waals surface area (Å²) in [6.07, 6.45) is 7.97. The molecule has 1 N–H and O–H groups in total. The Morgan fingerprint density at radius 2 is 1.77 bits per heavy atom. The minimum absolute atomic E-state index is 0.0166. The molecule has 2 atom stereocenters. The van der Waals surface area contributed by atoms with Crippen LogP contribution in [0.2, 0.25) is 0 Å². The molecule has 35 heavy (non-hydrogen) atoms. The number of ether oxygens (including phenoxy) is 1. The molecule has 1 spiro atoms. The van der Waals surface area contributed by atoms with Gasteiger partial charge >= 0.3 is 6.09 Å². The van der Waals surface area contributed by atoms with Crippen molar-refractivity contribution < 1.29 is 19.1 Å². The maximum Gasteiger partial charge on any atom is 0.408 e. The first-order valence-electron chi connectivity index (χ1n) is 12.8. The number of carbonyl (C=O) groups is 3. The summed E-state index contributed by atoms with van der Waals surface area (Å²) in [6, 6.07) is -1.04. The lowest BCUT2D eigenvalue weighted by molar-refractivity contribution is -0.155. The van der Waals surface area contributed by atoms with E-state index in [1.165, 1.54) is 23.9 Å². The molecule has 0 radical (unpaired) electrons. The molecule has 3 aliphatic rings. The number of alkyl carbamates (subject to hydrolysis) is 1. The molecule has 0 aromatic carbocycles. The molecule has 1 aromatic heterocycles. The standard InChI is InChI=1S/C24H39N7O4/c1-17(31-16-25-27-28-31)20(32)30-14-24(15-30)10-7-11-29(13-24)21(33)19(12-18-8-5-6-9-18)26-22(34)35-23(2,3)4/h16-19H,5-15H2,1-4H3,(H,26,34)/t17?,19-/m0/s1. The monoisotopic (exact) mass is 489 g/mol. The van der Waals surface area contributed by atoms with Gasteiger partial charge in [0.25, 0.3) is 0 Å². The fourth-order valence-corrected chi connectivity index (χ4v) is 5.77. The van der Waals surface area contributed by atoms with Gasteiger partial charge in [0.15, 0.2) is 0 Å². The van der Waals surface area contributed by atoms with Crippen molar-refractivity contribution in [3.05, 3.63) is 6.33 Å². The number of tetrazole rings is 1. The number of rotatable bonds is 6. The van der Waals surface area contributed by atoms with Crippen LogP contribution < -0.4 is 5.32 Å². The average molecular weight is 490 g/mol. The van der Waals surface area contributed by atoms with Crippen LogP contribution in [0, 0.1) is 11.3 Å². The molecule has 1 unspecified atom stereocenters. The van der Waals surface area contributed by atoms with Crippen molar-refractivity contribution in [2.75, 3.05) is 26.2 Å². The van der Waals surface area contributed by atoms with E-state index in [4.69, 9.17) is 4.74 Å². The molecule has 1 aliphatic carbocycles. The predicted molar refractivity (Wildman–Crippen MR) is 127 cm³/mol. The average Bonchev–Trinajstić information content (AvgIpc) is 3.48. The van der Waals surface area contributed by atoms with E-state index in [1.807, 2.05) is 30.6 Å². The highest BCUT2D eigenvalue weighted by molar-refractivity contribution is 5.86. The smallest absolute Gasteiger partial charge is 0.408 e. The van der Waals surface area contributed by atoms with Gasteiger partial charge in [-0.1, -0.05) is 25.7 Å². The Balaban J connectivity index is 1.37. The zero-order valence-corrected chi connectivity index (χ0v) is 21.4. The van der Waals surface area contributed by atoms with Gasteiger partial charge in [-0.3, -0.25) is 9.59 Å². The van der Waals surface area contributed by atoms with Gasteiger partial charge in [0.05, 0.1) is 0 Å². The highest BCUT2D eigenvalue weighted by Gasteiger charge is 2.49. The predicted octanol–water partition coefficient (Wildman–Crippen LogP) is 2.16. The molecule has 2 saturated heterocycles. The Kier molecular flexibility index (Phi) is 7.32. The Bertz CT molecular complexity index is 901. The maximum absolute atomic E-state index is 13.6. The van der Waals surface area contributed by atoms with Crippen molar-refractivity contribution in [3.8, 4) is 0 Å². The number of nitrogens with one attached hydrogen (secondary N) is 1. The summed E-state index contributed by atoms with van der Waals surface area (Å²) >= 11 is 0. The van der Waals surface area contributed by atoms with Crippen molar-refractivity contribution in [3.63, 3.8) is 0 Å². The number of hydrogen-bond acceptors (Lipinski definition) is 7. The fraction of sp³-hybridized carbons (Fsp3) is 0.833. The molecule has 2 aliphatic heterocycles. The highest BCUT2D eigenvalue weighted by atomic mass is 16.6. The van der Waals surface area contributed by atoms with Gasteiger partial charge in [-0.25, -0.2) is 9.48 Å². The molecular formula is C24H39N7O4. The molecule has 194 valence electrons. The second-order valence-corrected chi connectivity index (χ2v) is 11.6. The second-order valence-electron chi connectivity index (χ2n) is 11.6. The summed E-state index contributed by atoms with van der Waals surface area (Å²) in [5.41, 5.74) is -0.713. The molecule has 3 fully saturated rings.